The maximum Gasteiger partial charge on any atom is 0.417 e. The van der Waals surface area contributed by atoms with Crippen molar-refractivity contribution in [1.82, 2.24) is 4.57 Å². The number of halogens is 4. The van der Waals surface area contributed by atoms with Gasteiger partial charge in [-0.25, -0.2) is 4.39 Å². The summed E-state index contributed by atoms with van der Waals surface area (Å²) in [7, 11) is 0. The van der Waals surface area contributed by atoms with E-state index in [2.05, 4.69) is 0 Å². The van der Waals surface area contributed by atoms with Crippen LogP contribution in [0.3, 0.4) is 0 Å². The van der Waals surface area contributed by atoms with Crippen LogP contribution in [0, 0.1) is 17.1 Å². The first-order chi connectivity index (χ1) is 15.5. The SMILES string of the molecule is C[C@]12CC[C@](Cc3ccc(F)cc3)(O1)c1c2c(O)n(-c2ccc(C#N)c(C(F)(F)F)c2)c1O. The Bertz CT molecular complexity index is 1320. The molecule has 170 valence electrons. The predicted molar refractivity (Wildman–Crippen MR) is 108 cm³/mol. The van der Waals surface area contributed by atoms with E-state index in [4.69, 9.17) is 10.00 Å². The highest BCUT2D eigenvalue weighted by atomic mass is 19.4. The van der Waals surface area contributed by atoms with Crippen LogP contribution in [0.2, 0.25) is 0 Å². The van der Waals surface area contributed by atoms with Crippen molar-refractivity contribution in [3.63, 3.8) is 0 Å². The average molecular weight is 458 g/mol. The van der Waals surface area contributed by atoms with Gasteiger partial charge >= 0.3 is 6.18 Å². The Morgan fingerprint density at radius 2 is 1.73 bits per heavy atom. The molecule has 0 unspecified atom stereocenters. The van der Waals surface area contributed by atoms with Crippen LogP contribution >= 0.6 is 0 Å². The minimum absolute atomic E-state index is 0.134. The second-order valence-corrected chi connectivity index (χ2v) is 8.70. The Morgan fingerprint density at radius 1 is 1.06 bits per heavy atom. The Labute approximate surface area is 186 Å². The van der Waals surface area contributed by atoms with Gasteiger partial charge in [-0.1, -0.05) is 12.1 Å². The van der Waals surface area contributed by atoms with Crippen LogP contribution in [-0.2, 0) is 28.5 Å². The molecule has 0 amide bonds. The van der Waals surface area contributed by atoms with Gasteiger partial charge in [0, 0.05) is 6.42 Å². The lowest BCUT2D eigenvalue weighted by molar-refractivity contribution is -0.137. The minimum atomic E-state index is -4.79. The maximum atomic E-state index is 13.5. The molecule has 33 heavy (non-hydrogen) atoms. The number of rotatable bonds is 3. The fourth-order valence-corrected chi connectivity index (χ4v) is 5.20. The van der Waals surface area contributed by atoms with E-state index >= 15 is 0 Å². The van der Waals surface area contributed by atoms with Crippen molar-refractivity contribution in [3.8, 4) is 23.5 Å². The summed E-state index contributed by atoms with van der Waals surface area (Å²) < 4.78 is 61.1. The molecular weight excluding hydrogens is 440 g/mol. The van der Waals surface area contributed by atoms with Gasteiger partial charge in [-0.15, -0.1) is 0 Å². The summed E-state index contributed by atoms with van der Waals surface area (Å²) in [6, 6.07) is 10.3. The number of alkyl halides is 3. The number of hydrogen-bond acceptors (Lipinski definition) is 4. The van der Waals surface area contributed by atoms with Crippen LogP contribution in [0.1, 0.15) is 47.6 Å². The third-order valence-corrected chi connectivity index (χ3v) is 6.62. The third kappa shape index (κ3) is 3.01. The summed E-state index contributed by atoms with van der Waals surface area (Å²) in [4.78, 5) is 0. The Balaban J connectivity index is 1.68. The van der Waals surface area contributed by atoms with E-state index in [-0.39, 0.29) is 12.1 Å². The summed E-state index contributed by atoms with van der Waals surface area (Å²) in [5.41, 5.74) is -2.43. The number of ether oxygens (including phenoxy) is 1. The van der Waals surface area contributed by atoms with Crippen LogP contribution in [0.5, 0.6) is 11.8 Å². The van der Waals surface area contributed by atoms with E-state index in [9.17, 15) is 27.8 Å². The van der Waals surface area contributed by atoms with Crippen molar-refractivity contribution in [3.05, 3.63) is 76.1 Å². The second kappa shape index (κ2) is 6.75. The van der Waals surface area contributed by atoms with E-state index in [1.807, 2.05) is 0 Å². The van der Waals surface area contributed by atoms with Gasteiger partial charge in [-0.3, -0.25) is 4.57 Å². The van der Waals surface area contributed by atoms with Crippen molar-refractivity contribution in [2.24, 2.45) is 0 Å². The maximum absolute atomic E-state index is 13.5. The number of aromatic nitrogens is 1. The van der Waals surface area contributed by atoms with Gasteiger partial charge in [-0.2, -0.15) is 18.4 Å². The van der Waals surface area contributed by atoms with Crippen molar-refractivity contribution in [1.29, 1.82) is 5.26 Å². The highest BCUT2D eigenvalue weighted by Gasteiger charge is 2.61. The molecule has 9 heteroatoms. The first-order valence-electron chi connectivity index (χ1n) is 10.2. The predicted octanol–water partition coefficient (Wildman–Crippen LogP) is 5.40. The first-order valence-corrected chi connectivity index (χ1v) is 10.2. The number of nitriles is 1. The number of aromatic hydroxyl groups is 2. The minimum Gasteiger partial charge on any atom is -0.494 e. The standard InChI is InChI=1S/C24H18F4N2O3/c1-22-8-9-23(33-22,11-13-2-5-15(25)6-3-13)19-18(22)20(31)30(21(19)32)16-7-4-14(12-29)17(10-16)24(26,27)28/h2-7,10,31-32H,8-9,11H2,1H3/t22-,23-/m1/s1. The van der Waals surface area contributed by atoms with Gasteiger partial charge in [0.1, 0.15) is 11.4 Å². The highest BCUT2D eigenvalue weighted by molar-refractivity contribution is 5.62. The van der Waals surface area contributed by atoms with E-state index in [1.54, 1.807) is 19.1 Å². The lowest BCUT2D eigenvalue weighted by Crippen LogP contribution is -2.25. The van der Waals surface area contributed by atoms with Crippen LogP contribution in [0.4, 0.5) is 17.6 Å². The van der Waals surface area contributed by atoms with Crippen LogP contribution in [0.25, 0.3) is 5.69 Å². The highest BCUT2D eigenvalue weighted by Crippen LogP contribution is 2.65. The molecule has 0 saturated carbocycles. The van der Waals surface area contributed by atoms with E-state index in [1.165, 1.54) is 24.3 Å². The number of fused-ring (bicyclic) bond motifs is 5. The molecule has 2 bridgehead atoms. The van der Waals surface area contributed by atoms with Crippen molar-refractivity contribution >= 4 is 0 Å². The third-order valence-electron chi connectivity index (χ3n) is 6.62. The molecule has 3 aromatic rings. The second-order valence-electron chi connectivity index (χ2n) is 8.70. The first kappa shape index (κ1) is 21.3. The van der Waals surface area contributed by atoms with Crippen LogP contribution < -0.4 is 0 Å². The zero-order valence-corrected chi connectivity index (χ0v) is 17.4. The van der Waals surface area contributed by atoms with Gasteiger partial charge in [0.2, 0.25) is 11.8 Å². The molecule has 1 saturated heterocycles. The summed E-state index contributed by atoms with van der Waals surface area (Å²) >= 11 is 0. The monoisotopic (exact) mass is 458 g/mol. The molecule has 2 N–H and O–H groups in total. The molecule has 1 aromatic heterocycles. The van der Waals surface area contributed by atoms with Crippen molar-refractivity contribution < 1.29 is 32.5 Å². The topological polar surface area (TPSA) is 78.4 Å². The van der Waals surface area contributed by atoms with E-state index in [0.29, 0.717) is 24.0 Å². The van der Waals surface area contributed by atoms with Crippen molar-refractivity contribution in [2.45, 2.75) is 43.6 Å². The fraction of sp³-hybridized carbons (Fsp3) is 0.292. The molecule has 2 aliphatic rings. The lowest BCUT2D eigenvalue weighted by Gasteiger charge is -2.26. The molecule has 1 fully saturated rings. The van der Waals surface area contributed by atoms with Crippen LogP contribution in [-0.4, -0.2) is 14.8 Å². The van der Waals surface area contributed by atoms with Gasteiger partial charge in [0.15, 0.2) is 0 Å². The average Bonchev–Trinajstić information content (AvgIpc) is 3.33. The van der Waals surface area contributed by atoms with Gasteiger partial charge in [0.25, 0.3) is 0 Å². The van der Waals surface area contributed by atoms with Crippen LogP contribution in [0.15, 0.2) is 42.5 Å². The van der Waals surface area contributed by atoms with Gasteiger partial charge < -0.3 is 14.9 Å². The molecular formula is C24H18F4N2O3. The quantitative estimate of drug-likeness (QED) is 0.516. The molecule has 2 aromatic carbocycles. The molecule has 0 radical (unpaired) electrons. The molecule has 0 spiro atoms. The fourth-order valence-electron chi connectivity index (χ4n) is 5.20. The number of nitrogens with zero attached hydrogens (tertiary/aromatic N) is 2. The summed E-state index contributed by atoms with van der Waals surface area (Å²) in [5.74, 6) is -1.23. The van der Waals surface area contributed by atoms with Gasteiger partial charge in [-0.05, 0) is 55.7 Å². The normalized spacial score (nSPS) is 23.5. The molecule has 2 aliphatic heterocycles. The largest absolute Gasteiger partial charge is 0.494 e. The zero-order chi connectivity index (χ0) is 23.8. The Morgan fingerprint density at radius 3 is 2.36 bits per heavy atom. The summed E-state index contributed by atoms with van der Waals surface area (Å²) in [6.07, 6.45) is -3.47. The van der Waals surface area contributed by atoms with Gasteiger partial charge in [0.05, 0.1) is 39.6 Å². The molecule has 0 aliphatic carbocycles. The molecule has 2 atom stereocenters. The smallest absolute Gasteiger partial charge is 0.417 e. The molecule has 5 rings (SSSR count). The van der Waals surface area contributed by atoms with Crippen molar-refractivity contribution in [2.75, 3.05) is 0 Å². The molecule has 3 heterocycles. The summed E-state index contributed by atoms with van der Waals surface area (Å²) in [5, 5.41) is 31.2. The lowest BCUT2D eigenvalue weighted by atomic mass is 9.76. The Hall–Kier alpha value is -3.51. The summed E-state index contributed by atoms with van der Waals surface area (Å²) in [6.45, 7) is 1.76. The number of benzene rings is 2. The molecule has 5 nitrogen and oxygen atoms in total. The van der Waals surface area contributed by atoms with E-state index in [0.717, 1.165) is 22.3 Å². The Kier molecular flexibility index (Phi) is 4.36. The van der Waals surface area contributed by atoms with E-state index < -0.39 is 46.1 Å². The zero-order valence-electron chi connectivity index (χ0n) is 17.4. The number of hydrogen-bond donors (Lipinski definition) is 2.